The highest BCUT2D eigenvalue weighted by molar-refractivity contribution is 14.1. The van der Waals surface area contributed by atoms with Crippen molar-refractivity contribution in [1.29, 1.82) is 0 Å². The predicted octanol–water partition coefficient (Wildman–Crippen LogP) is 3.43. The van der Waals surface area contributed by atoms with Crippen LogP contribution >= 0.6 is 22.6 Å². The number of hydrogen-bond acceptors (Lipinski definition) is 4. The van der Waals surface area contributed by atoms with Gasteiger partial charge in [-0.25, -0.2) is 4.79 Å². The van der Waals surface area contributed by atoms with E-state index in [1.165, 1.54) is 6.42 Å². The molecule has 1 saturated heterocycles. The summed E-state index contributed by atoms with van der Waals surface area (Å²) in [5.74, 6) is -0.799. The fourth-order valence-electron chi connectivity index (χ4n) is 4.58. The Balaban J connectivity index is 1.83. The molecule has 1 saturated carbocycles. The molecule has 1 unspecified atom stereocenters. The fourth-order valence-corrected chi connectivity index (χ4v) is 5.75. The van der Waals surface area contributed by atoms with Crippen LogP contribution in [0.15, 0.2) is 0 Å². The van der Waals surface area contributed by atoms with E-state index in [4.69, 9.17) is 9.72 Å². The highest BCUT2D eigenvalue weighted by atomic mass is 127. The van der Waals surface area contributed by atoms with Gasteiger partial charge in [0.25, 0.3) is 0 Å². The monoisotopic (exact) mass is 443 g/mol. The maximum Gasteiger partial charge on any atom is 0.338 e. The molecule has 0 aromatic carbocycles. The number of aliphatic hydroxyl groups excluding tert-OH is 1. The van der Waals surface area contributed by atoms with Crippen LogP contribution in [-0.2, 0) is 11.2 Å². The zero-order valence-electron chi connectivity index (χ0n) is 13.6. The standard InChI is InChI=1S/C18H22INO4/c19-15-13-11(8-18(4-1-5-18)9-12(13)21)20-16(14(15)17(22)23)10-2-6-24-7-3-10/h10,12,21H,1-9H2,(H,22,23). The fraction of sp³-hybridized carbons (Fsp3) is 0.667. The number of pyridine rings is 1. The van der Waals surface area contributed by atoms with E-state index in [1.54, 1.807) is 0 Å². The average Bonchev–Trinajstić information content (AvgIpc) is 2.52. The van der Waals surface area contributed by atoms with E-state index in [0.29, 0.717) is 28.0 Å². The van der Waals surface area contributed by atoms with Gasteiger partial charge in [0.05, 0.1) is 17.4 Å². The largest absolute Gasteiger partial charge is 0.478 e. The number of carbonyl (C=O) groups is 1. The number of ether oxygens (including phenoxy) is 1. The first-order valence-corrected chi connectivity index (χ1v) is 9.80. The molecule has 0 bridgehead atoms. The van der Waals surface area contributed by atoms with Gasteiger partial charge < -0.3 is 14.9 Å². The Labute approximate surface area is 155 Å². The number of aromatic nitrogens is 1. The Morgan fingerprint density at radius 2 is 2.00 bits per heavy atom. The Bertz CT molecular complexity index is 680. The lowest BCUT2D eigenvalue weighted by molar-refractivity contribution is 0.0235. The molecule has 24 heavy (non-hydrogen) atoms. The highest BCUT2D eigenvalue weighted by Crippen LogP contribution is 2.54. The SMILES string of the molecule is O=C(O)c1c(C2CCOCC2)nc2c(c1I)C(O)CC1(CCC1)C2. The summed E-state index contributed by atoms with van der Waals surface area (Å²) in [6.07, 6.45) is 6.18. The van der Waals surface area contributed by atoms with Gasteiger partial charge >= 0.3 is 5.97 Å². The van der Waals surface area contributed by atoms with Gasteiger partial charge in [0, 0.05) is 34.0 Å². The molecule has 2 heterocycles. The molecular weight excluding hydrogens is 421 g/mol. The van der Waals surface area contributed by atoms with Crippen LogP contribution in [-0.4, -0.2) is 34.4 Å². The number of carboxylic acid groups (broad SMARTS) is 1. The van der Waals surface area contributed by atoms with Gasteiger partial charge in [-0.3, -0.25) is 4.98 Å². The number of carboxylic acids is 1. The summed E-state index contributed by atoms with van der Waals surface area (Å²) < 4.78 is 6.11. The molecule has 5 nitrogen and oxygen atoms in total. The van der Waals surface area contributed by atoms with Crippen molar-refractivity contribution < 1.29 is 19.7 Å². The first kappa shape index (κ1) is 16.7. The van der Waals surface area contributed by atoms with Crippen molar-refractivity contribution in [3.8, 4) is 0 Å². The molecular formula is C18H22INO4. The third-order valence-corrected chi connectivity index (χ3v) is 7.14. The summed E-state index contributed by atoms with van der Waals surface area (Å²) in [6, 6.07) is 0. The quantitative estimate of drug-likeness (QED) is 0.685. The van der Waals surface area contributed by atoms with Gasteiger partial charge in [-0.15, -0.1) is 0 Å². The molecule has 3 aliphatic rings. The summed E-state index contributed by atoms with van der Waals surface area (Å²) in [6.45, 7) is 1.32. The minimum atomic E-state index is -0.938. The van der Waals surface area contributed by atoms with Gasteiger partial charge in [-0.1, -0.05) is 6.42 Å². The Morgan fingerprint density at radius 3 is 2.58 bits per heavy atom. The van der Waals surface area contributed by atoms with Crippen molar-refractivity contribution in [2.45, 2.75) is 57.0 Å². The van der Waals surface area contributed by atoms with E-state index in [0.717, 1.165) is 49.8 Å². The summed E-state index contributed by atoms with van der Waals surface area (Å²) in [5, 5.41) is 20.5. The third kappa shape index (κ3) is 2.66. The molecule has 0 radical (unpaired) electrons. The van der Waals surface area contributed by atoms with E-state index in [9.17, 15) is 15.0 Å². The number of halogens is 1. The molecule has 2 N–H and O–H groups in total. The molecule has 4 rings (SSSR count). The second-order valence-electron chi connectivity index (χ2n) is 7.49. The minimum absolute atomic E-state index is 0.139. The molecule has 0 amide bonds. The Kier molecular flexibility index (Phi) is 4.33. The van der Waals surface area contributed by atoms with Crippen LogP contribution in [0.3, 0.4) is 0 Å². The molecule has 2 fully saturated rings. The number of aliphatic hydroxyl groups is 1. The van der Waals surface area contributed by atoms with Crippen LogP contribution in [0.4, 0.5) is 0 Å². The van der Waals surface area contributed by atoms with Gasteiger partial charge in [-0.05, 0) is 66.5 Å². The number of rotatable bonds is 2. The molecule has 1 aliphatic heterocycles. The zero-order chi connectivity index (χ0) is 16.9. The van der Waals surface area contributed by atoms with Crippen LogP contribution in [0.2, 0.25) is 0 Å². The van der Waals surface area contributed by atoms with Crippen LogP contribution in [0, 0.1) is 8.99 Å². The van der Waals surface area contributed by atoms with Crippen molar-refractivity contribution in [3.63, 3.8) is 0 Å². The van der Waals surface area contributed by atoms with Crippen LogP contribution in [0.25, 0.3) is 0 Å². The first-order valence-electron chi connectivity index (χ1n) is 8.72. The molecule has 2 aliphatic carbocycles. The molecule has 1 aromatic rings. The van der Waals surface area contributed by atoms with Gasteiger partial charge in [0.1, 0.15) is 0 Å². The van der Waals surface area contributed by atoms with Crippen molar-refractivity contribution in [2.24, 2.45) is 5.41 Å². The Morgan fingerprint density at radius 1 is 1.29 bits per heavy atom. The van der Waals surface area contributed by atoms with Gasteiger partial charge in [0.15, 0.2) is 0 Å². The van der Waals surface area contributed by atoms with Gasteiger partial charge in [0.2, 0.25) is 0 Å². The number of nitrogens with zero attached hydrogens (tertiary/aromatic N) is 1. The van der Waals surface area contributed by atoms with Crippen molar-refractivity contribution in [2.75, 3.05) is 13.2 Å². The summed E-state index contributed by atoms with van der Waals surface area (Å²) >= 11 is 2.11. The lowest BCUT2D eigenvalue weighted by Gasteiger charge is -2.47. The lowest BCUT2D eigenvalue weighted by Crippen LogP contribution is -2.38. The predicted molar refractivity (Wildman–Crippen MR) is 96.3 cm³/mol. The maximum atomic E-state index is 11.9. The smallest absolute Gasteiger partial charge is 0.338 e. The maximum absolute atomic E-state index is 11.9. The summed E-state index contributed by atoms with van der Waals surface area (Å²) in [7, 11) is 0. The highest BCUT2D eigenvalue weighted by Gasteiger charge is 2.45. The van der Waals surface area contributed by atoms with E-state index < -0.39 is 12.1 Å². The second kappa shape index (κ2) is 6.21. The van der Waals surface area contributed by atoms with Crippen molar-refractivity contribution in [3.05, 3.63) is 26.1 Å². The molecule has 6 heteroatoms. The molecule has 130 valence electrons. The van der Waals surface area contributed by atoms with Crippen molar-refractivity contribution in [1.82, 2.24) is 4.98 Å². The molecule has 1 atom stereocenters. The first-order chi connectivity index (χ1) is 11.5. The second-order valence-corrected chi connectivity index (χ2v) is 8.57. The topological polar surface area (TPSA) is 79.7 Å². The molecule has 1 aromatic heterocycles. The summed E-state index contributed by atoms with van der Waals surface area (Å²) in [5.41, 5.74) is 2.90. The minimum Gasteiger partial charge on any atom is -0.478 e. The zero-order valence-corrected chi connectivity index (χ0v) is 15.7. The van der Waals surface area contributed by atoms with Crippen LogP contribution < -0.4 is 0 Å². The molecule has 1 spiro atoms. The Hall–Kier alpha value is -0.730. The van der Waals surface area contributed by atoms with E-state index >= 15 is 0 Å². The van der Waals surface area contributed by atoms with Crippen LogP contribution in [0.1, 0.15) is 77.9 Å². The normalized spacial score (nSPS) is 26.0. The third-order valence-electron chi connectivity index (χ3n) is 6.02. The number of hydrogen-bond donors (Lipinski definition) is 2. The number of fused-ring (bicyclic) bond motifs is 1. The van der Waals surface area contributed by atoms with E-state index in [2.05, 4.69) is 22.6 Å². The van der Waals surface area contributed by atoms with E-state index in [1.807, 2.05) is 0 Å². The summed E-state index contributed by atoms with van der Waals surface area (Å²) in [4.78, 5) is 16.8. The van der Waals surface area contributed by atoms with Crippen LogP contribution in [0.5, 0.6) is 0 Å². The number of aromatic carboxylic acids is 1. The van der Waals surface area contributed by atoms with Gasteiger partial charge in [-0.2, -0.15) is 0 Å². The average molecular weight is 443 g/mol. The van der Waals surface area contributed by atoms with E-state index in [-0.39, 0.29) is 11.3 Å². The van der Waals surface area contributed by atoms with Crippen molar-refractivity contribution >= 4 is 28.6 Å². The lowest BCUT2D eigenvalue weighted by atomic mass is 9.60.